The van der Waals surface area contributed by atoms with Gasteiger partial charge in [-0.25, -0.2) is 9.48 Å². The Labute approximate surface area is 162 Å². The maximum atomic E-state index is 12.9. The molecule has 1 aromatic heterocycles. The topological polar surface area (TPSA) is 69.4 Å². The van der Waals surface area contributed by atoms with Crippen LogP contribution < -0.4 is 5.69 Å². The normalized spacial score (nSPS) is 15.7. The number of hydrogen-bond acceptors (Lipinski definition) is 4. The van der Waals surface area contributed by atoms with E-state index in [1.807, 2.05) is 11.8 Å². The van der Waals surface area contributed by atoms with Gasteiger partial charge in [-0.1, -0.05) is 26.7 Å². The molecule has 1 aliphatic heterocycles. The van der Waals surface area contributed by atoms with Crippen molar-refractivity contribution in [1.29, 1.82) is 0 Å². The van der Waals surface area contributed by atoms with Crippen LogP contribution in [0.15, 0.2) is 4.79 Å². The average molecular weight is 381 g/mol. The van der Waals surface area contributed by atoms with Crippen molar-refractivity contribution in [3.63, 3.8) is 0 Å². The monoisotopic (exact) mass is 380 g/mol. The molecule has 0 aromatic carbocycles. The molecule has 0 radical (unpaired) electrons. The highest BCUT2D eigenvalue weighted by atomic mass is 16.5. The molecule has 27 heavy (non-hydrogen) atoms. The second-order valence-electron chi connectivity index (χ2n) is 7.47. The first-order valence-corrected chi connectivity index (χ1v) is 10.5. The lowest BCUT2D eigenvalue weighted by Crippen LogP contribution is -2.41. The minimum atomic E-state index is -0.0611. The van der Waals surface area contributed by atoms with E-state index in [1.165, 1.54) is 4.68 Å². The highest BCUT2D eigenvalue weighted by Gasteiger charge is 2.30. The summed E-state index contributed by atoms with van der Waals surface area (Å²) in [4.78, 5) is 27.4. The summed E-state index contributed by atoms with van der Waals surface area (Å²) in [6.07, 6.45) is 5.80. The van der Waals surface area contributed by atoms with Gasteiger partial charge in [-0.05, 0) is 32.6 Å². The summed E-state index contributed by atoms with van der Waals surface area (Å²) in [6.45, 7) is 9.36. The van der Waals surface area contributed by atoms with Gasteiger partial charge in [0.15, 0.2) is 0 Å². The third-order valence-corrected chi connectivity index (χ3v) is 5.57. The van der Waals surface area contributed by atoms with E-state index >= 15 is 0 Å². The minimum Gasteiger partial charge on any atom is -0.383 e. The van der Waals surface area contributed by atoms with Crippen LogP contribution in [0.5, 0.6) is 0 Å². The van der Waals surface area contributed by atoms with Gasteiger partial charge in [-0.15, -0.1) is 0 Å². The molecule has 0 atom stereocenters. The smallest absolute Gasteiger partial charge is 0.345 e. The fourth-order valence-electron chi connectivity index (χ4n) is 4.08. The molecule has 1 saturated heterocycles. The molecule has 1 aliphatic rings. The standard InChI is InChI=1S/C20H36N4O3/c1-5-8-17(9-6-2)19(25)22-12-10-16(11-13-22)18-21-24(14-15-27-4)20(26)23(18)7-3/h16-17H,5-15H2,1-4H3. The van der Waals surface area contributed by atoms with Crippen LogP contribution in [0.3, 0.4) is 0 Å². The second kappa shape index (κ2) is 10.6. The molecule has 0 spiro atoms. The largest absolute Gasteiger partial charge is 0.383 e. The van der Waals surface area contributed by atoms with Crippen LogP contribution in [0, 0.1) is 5.92 Å². The molecular formula is C20H36N4O3. The van der Waals surface area contributed by atoms with E-state index in [0.29, 0.717) is 25.6 Å². The molecule has 0 N–H and O–H groups in total. The molecule has 2 rings (SSSR count). The van der Waals surface area contributed by atoms with E-state index in [2.05, 4.69) is 18.9 Å². The third kappa shape index (κ3) is 5.21. The number of piperidine rings is 1. The summed E-state index contributed by atoms with van der Waals surface area (Å²) in [6, 6.07) is 0. The third-order valence-electron chi connectivity index (χ3n) is 5.57. The fourth-order valence-corrected chi connectivity index (χ4v) is 4.08. The molecule has 0 saturated carbocycles. The molecule has 0 bridgehead atoms. The Balaban J connectivity index is 2.04. The zero-order valence-corrected chi connectivity index (χ0v) is 17.4. The van der Waals surface area contributed by atoms with Gasteiger partial charge in [0.05, 0.1) is 13.2 Å². The summed E-state index contributed by atoms with van der Waals surface area (Å²) < 4.78 is 8.36. The van der Waals surface area contributed by atoms with Crippen molar-refractivity contribution in [1.82, 2.24) is 19.2 Å². The number of nitrogens with zero attached hydrogens (tertiary/aromatic N) is 4. The number of methoxy groups -OCH3 is 1. The molecule has 7 nitrogen and oxygen atoms in total. The Morgan fingerprint density at radius 1 is 1.19 bits per heavy atom. The van der Waals surface area contributed by atoms with E-state index in [0.717, 1.165) is 57.4 Å². The molecule has 154 valence electrons. The number of amides is 1. The van der Waals surface area contributed by atoms with Gasteiger partial charge in [0.2, 0.25) is 5.91 Å². The Kier molecular flexibility index (Phi) is 8.54. The van der Waals surface area contributed by atoms with Crippen molar-refractivity contribution < 1.29 is 9.53 Å². The Morgan fingerprint density at radius 3 is 2.33 bits per heavy atom. The van der Waals surface area contributed by atoms with Gasteiger partial charge in [-0.2, -0.15) is 5.10 Å². The highest BCUT2D eigenvalue weighted by Crippen LogP contribution is 2.28. The summed E-state index contributed by atoms with van der Waals surface area (Å²) in [5.74, 6) is 1.58. The first-order valence-electron chi connectivity index (χ1n) is 10.5. The Bertz CT molecular complexity index is 638. The maximum Gasteiger partial charge on any atom is 0.345 e. The maximum absolute atomic E-state index is 12.9. The van der Waals surface area contributed by atoms with E-state index in [-0.39, 0.29) is 17.5 Å². The number of ether oxygens (including phenoxy) is 1. The van der Waals surface area contributed by atoms with Crippen molar-refractivity contribution in [2.45, 2.75) is 78.3 Å². The number of aromatic nitrogens is 3. The van der Waals surface area contributed by atoms with Crippen LogP contribution >= 0.6 is 0 Å². The van der Waals surface area contributed by atoms with Crippen LogP contribution in [0.2, 0.25) is 0 Å². The summed E-state index contributed by atoms with van der Waals surface area (Å²) in [5, 5.41) is 4.59. The van der Waals surface area contributed by atoms with Crippen molar-refractivity contribution in [3.05, 3.63) is 16.3 Å². The van der Waals surface area contributed by atoms with Gasteiger partial charge in [0.1, 0.15) is 5.82 Å². The van der Waals surface area contributed by atoms with Crippen LogP contribution in [0.4, 0.5) is 0 Å². The van der Waals surface area contributed by atoms with Crippen molar-refractivity contribution in [2.24, 2.45) is 5.92 Å². The summed E-state index contributed by atoms with van der Waals surface area (Å²) in [5.41, 5.74) is -0.0611. The lowest BCUT2D eigenvalue weighted by atomic mass is 9.92. The molecule has 1 amide bonds. The van der Waals surface area contributed by atoms with E-state index in [1.54, 1.807) is 11.7 Å². The summed E-state index contributed by atoms with van der Waals surface area (Å²) in [7, 11) is 1.62. The van der Waals surface area contributed by atoms with Crippen LogP contribution in [-0.4, -0.2) is 52.0 Å². The summed E-state index contributed by atoms with van der Waals surface area (Å²) >= 11 is 0. The van der Waals surface area contributed by atoms with E-state index in [9.17, 15) is 9.59 Å². The molecule has 1 fully saturated rings. The first kappa shape index (κ1) is 21.7. The SMILES string of the molecule is CCCC(CCC)C(=O)N1CCC(c2nn(CCOC)c(=O)n2CC)CC1. The Hall–Kier alpha value is -1.63. The molecule has 0 aliphatic carbocycles. The zero-order chi connectivity index (χ0) is 19.8. The van der Waals surface area contributed by atoms with Crippen LogP contribution in [0.1, 0.15) is 71.0 Å². The minimum absolute atomic E-state index is 0.0611. The fraction of sp³-hybridized carbons (Fsp3) is 0.850. The van der Waals surface area contributed by atoms with Crippen molar-refractivity contribution in [2.75, 3.05) is 26.8 Å². The first-order chi connectivity index (χ1) is 13.1. The quantitative estimate of drug-likeness (QED) is 0.626. The lowest BCUT2D eigenvalue weighted by Gasteiger charge is -2.34. The number of likely N-dealkylation sites (tertiary alicyclic amines) is 1. The predicted octanol–water partition coefficient (Wildman–Crippen LogP) is 2.63. The number of carbonyl (C=O) groups is 1. The van der Waals surface area contributed by atoms with Gasteiger partial charge < -0.3 is 9.64 Å². The predicted molar refractivity (Wildman–Crippen MR) is 106 cm³/mol. The van der Waals surface area contributed by atoms with E-state index < -0.39 is 0 Å². The van der Waals surface area contributed by atoms with Crippen LogP contribution in [-0.2, 0) is 22.6 Å². The Morgan fingerprint density at radius 2 is 1.81 bits per heavy atom. The molecule has 7 heteroatoms. The molecule has 2 heterocycles. The van der Waals surface area contributed by atoms with Gasteiger partial charge in [-0.3, -0.25) is 9.36 Å². The van der Waals surface area contributed by atoms with Crippen molar-refractivity contribution >= 4 is 5.91 Å². The van der Waals surface area contributed by atoms with Gasteiger partial charge in [0.25, 0.3) is 0 Å². The zero-order valence-electron chi connectivity index (χ0n) is 17.4. The number of hydrogen-bond donors (Lipinski definition) is 0. The molecule has 1 aromatic rings. The van der Waals surface area contributed by atoms with Crippen LogP contribution in [0.25, 0.3) is 0 Å². The van der Waals surface area contributed by atoms with Crippen molar-refractivity contribution in [3.8, 4) is 0 Å². The van der Waals surface area contributed by atoms with Gasteiger partial charge in [0, 0.05) is 38.6 Å². The van der Waals surface area contributed by atoms with Gasteiger partial charge >= 0.3 is 5.69 Å². The lowest BCUT2D eigenvalue weighted by molar-refractivity contribution is -0.137. The molecular weight excluding hydrogens is 344 g/mol. The van der Waals surface area contributed by atoms with E-state index in [4.69, 9.17) is 4.74 Å². The second-order valence-corrected chi connectivity index (χ2v) is 7.47. The average Bonchev–Trinajstić information content (AvgIpc) is 3.01. The highest BCUT2D eigenvalue weighted by molar-refractivity contribution is 5.78. The molecule has 0 unspecified atom stereocenters. The number of rotatable bonds is 10. The number of carbonyl (C=O) groups excluding carboxylic acids is 1.